The minimum Gasteiger partial charge on any atom is -0.465 e. The first kappa shape index (κ1) is 33.7. The molecule has 0 aliphatic carbocycles. The van der Waals surface area contributed by atoms with E-state index in [1.54, 1.807) is 29.2 Å². The second kappa shape index (κ2) is 14.0. The first-order valence-electron chi connectivity index (χ1n) is 15.9. The summed E-state index contributed by atoms with van der Waals surface area (Å²) >= 11 is 6.05. The maximum atomic E-state index is 13.4. The van der Waals surface area contributed by atoms with E-state index in [4.69, 9.17) is 16.6 Å². The number of carboxylic acid groups (broad SMARTS) is 1. The predicted molar refractivity (Wildman–Crippen MR) is 186 cm³/mol. The van der Waals surface area contributed by atoms with E-state index in [2.05, 4.69) is 11.9 Å². The molecule has 246 valence electrons. The smallest absolute Gasteiger partial charge is 0.408 e. The molecule has 4 aromatic rings. The van der Waals surface area contributed by atoms with Gasteiger partial charge in [0.15, 0.2) is 0 Å². The van der Waals surface area contributed by atoms with Crippen molar-refractivity contribution in [2.45, 2.75) is 71.6 Å². The summed E-state index contributed by atoms with van der Waals surface area (Å²) < 4.78 is 1.94. The molecule has 1 aromatic heterocycles. The van der Waals surface area contributed by atoms with Crippen molar-refractivity contribution in [1.82, 2.24) is 19.4 Å². The Balaban J connectivity index is 1.60. The molecule has 3 unspecified atom stereocenters. The Morgan fingerprint density at radius 2 is 1.81 bits per heavy atom. The van der Waals surface area contributed by atoms with Crippen LogP contribution in [0.3, 0.4) is 0 Å². The molecule has 3 amide bonds. The first-order chi connectivity index (χ1) is 22.4. The van der Waals surface area contributed by atoms with E-state index in [0.717, 1.165) is 29.5 Å². The maximum absolute atomic E-state index is 13.4. The van der Waals surface area contributed by atoms with Crippen molar-refractivity contribution < 1.29 is 19.5 Å². The van der Waals surface area contributed by atoms with Crippen molar-refractivity contribution in [3.63, 3.8) is 0 Å². The first-order valence-corrected chi connectivity index (χ1v) is 16.3. The van der Waals surface area contributed by atoms with Gasteiger partial charge in [-0.05, 0) is 85.2 Å². The number of hydrogen-bond donors (Lipinski definition) is 2. The number of likely N-dealkylation sites (tertiary alicyclic amines) is 1. The molecule has 0 spiro atoms. The zero-order valence-corrected chi connectivity index (χ0v) is 28.1. The van der Waals surface area contributed by atoms with E-state index in [-0.39, 0.29) is 29.3 Å². The molecule has 5 rings (SSSR count). The van der Waals surface area contributed by atoms with Gasteiger partial charge in [0, 0.05) is 29.7 Å². The van der Waals surface area contributed by atoms with E-state index in [9.17, 15) is 19.5 Å². The lowest BCUT2D eigenvalue weighted by atomic mass is 9.84. The monoisotopic (exact) mass is 655 g/mol. The van der Waals surface area contributed by atoms with Crippen LogP contribution in [0.2, 0.25) is 5.02 Å². The fraction of sp³-hybridized carbons (Fsp3) is 0.351. The second-order valence-corrected chi connectivity index (χ2v) is 13.7. The number of fused-ring (bicyclic) bond motifs is 1. The number of nitrogens with one attached hydrogen (secondary N) is 1. The number of nitrogens with zero attached hydrogens (tertiary/aromatic N) is 4. The normalized spacial score (nSPS) is 16.1. The average molecular weight is 656 g/mol. The summed E-state index contributed by atoms with van der Waals surface area (Å²) in [5.74, 6) is -0.133. The molecule has 0 saturated carbocycles. The highest BCUT2D eigenvalue weighted by Gasteiger charge is 2.36. The second-order valence-electron chi connectivity index (χ2n) is 13.2. The number of carbonyl (C=O) groups is 3. The summed E-state index contributed by atoms with van der Waals surface area (Å²) in [7, 11) is 0. The molecule has 10 heteroatoms. The van der Waals surface area contributed by atoms with Gasteiger partial charge in [-0.15, -0.1) is 0 Å². The molecule has 1 aliphatic heterocycles. The lowest BCUT2D eigenvalue weighted by molar-refractivity contribution is -0.126. The number of carbonyl (C=O) groups excluding carboxylic acids is 2. The van der Waals surface area contributed by atoms with Crippen LogP contribution < -0.4 is 5.32 Å². The van der Waals surface area contributed by atoms with E-state index in [1.165, 1.54) is 6.08 Å². The summed E-state index contributed by atoms with van der Waals surface area (Å²) in [5.41, 5.74) is 3.30. The SMILES string of the molecule is C=CC(=O)N1CCCC1Cn1c(NC(=O)c2ccc(Cl)cc2)nc2cc(C(Cc3ccccc3)N(C(=O)O)C(C)C(C)(C)C)ccc21. The summed E-state index contributed by atoms with van der Waals surface area (Å²) in [4.78, 5) is 47.2. The Bertz CT molecular complexity index is 1760. The number of benzene rings is 3. The molecular weight excluding hydrogens is 614 g/mol. The van der Waals surface area contributed by atoms with Gasteiger partial charge in [-0.2, -0.15) is 0 Å². The summed E-state index contributed by atoms with van der Waals surface area (Å²) in [6, 6.07) is 21.4. The van der Waals surface area contributed by atoms with Crippen LogP contribution in [-0.2, 0) is 17.8 Å². The van der Waals surface area contributed by atoms with Gasteiger partial charge in [0.25, 0.3) is 5.91 Å². The van der Waals surface area contributed by atoms with Crippen molar-refractivity contribution in [3.05, 3.63) is 107 Å². The number of imidazole rings is 1. The van der Waals surface area contributed by atoms with Gasteiger partial charge in [0.2, 0.25) is 11.9 Å². The van der Waals surface area contributed by atoms with Gasteiger partial charge in [-0.3, -0.25) is 19.8 Å². The number of halogens is 1. The third kappa shape index (κ3) is 7.52. The quantitative estimate of drug-likeness (QED) is 0.169. The molecular formula is C37H42ClN5O4. The predicted octanol–water partition coefficient (Wildman–Crippen LogP) is 7.82. The van der Waals surface area contributed by atoms with Crippen LogP contribution in [-0.4, -0.2) is 61.0 Å². The van der Waals surface area contributed by atoms with Crippen LogP contribution in [0.1, 0.15) is 68.1 Å². The Morgan fingerprint density at radius 3 is 2.45 bits per heavy atom. The molecule has 0 bridgehead atoms. The van der Waals surface area contributed by atoms with Crippen molar-refractivity contribution in [3.8, 4) is 0 Å². The lowest BCUT2D eigenvalue weighted by Crippen LogP contribution is -2.47. The topological polar surface area (TPSA) is 108 Å². The van der Waals surface area contributed by atoms with E-state index < -0.39 is 12.1 Å². The molecule has 2 heterocycles. The van der Waals surface area contributed by atoms with Gasteiger partial charge in [0.05, 0.1) is 23.1 Å². The van der Waals surface area contributed by atoms with E-state index in [0.29, 0.717) is 41.6 Å². The minimum absolute atomic E-state index is 0.107. The molecule has 3 aromatic carbocycles. The minimum atomic E-state index is -0.997. The molecule has 9 nitrogen and oxygen atoms in total. The van der Waals surface area contributed by atoms with Gasteiger partial charge in [-0.25, -0.2) is 9.78 Å². The van der Waals surface area contributed by atoms with Crippen molar-refractivity contribution in [2.24, 2.45) is 5.41 Å². The summed E-state index contributed by atoms with van der Waals surface area (Å²) in [5, 5.41) is 14.1. The van der Waals surface area contributed by atoms with Gasteiger partial charge < -0.3 is 14.6 Å². The van der Waals surface area contributed by atoms with Crippen LogP contribution in [0.25, 0.3) is 11.0 Å². The van der Waals surface area contributed by atoms with Crippen LogP contribution in [0.15, 0.2) is 85.5 Å². The fourth-order valence-electron chi connectivity index (χ4n) is 6.25. The zero-order chi connectivity index (χ0) is 33.9. The lowest BCUT2D eigenvalue weighted by Gasteiger charge is -2.41. The van der Waals surface area contributed by atoms with Crippen LogP contribution in [0.5, 0.6) is 0 Å². The van der Waals surface area contributed by atoms with Crippen LogP contribution in [0, 0.1) is 5.41 Å². The molecule has 3 atom stereocenters. The van der Waals surface area contributed by atoms with Gasteiger partial charge in [0.1, 0.15) is 0 Å². The zero-order valence-electron chi connectivity index (χ0n) is 27.3. The van der Waals surface area contributed by atoms with Crippen LogP contribution >= 0.6 is 11.6 Å². The third-order valence-electron chi connectivity index (χ3n) is 9.22. The summed E-state index contributed by atoms with van der Waals surface area (Å²) in [6.45, 7) is 12.8. The Kier molecular flexibility index (Phi) is 10.1. The molecule has 1 fully saturated rings. The largest absolute Gasteiger partial charge is 0.465 e. The fourth-order valence-corrected chi connectivity index (χ4v) is 6.38. The maximum Gasteiger partial charge on any atom is 0.408 e. The van der Waals surface area contributed by atoms with Crippen molar-refractivity contribution >= 4 is 46.5 Å². The summed E-state index contributed by atoms with van der Waals surface area (Å²) in [6.07, 6.45) is 2.48. The molecule has 1 aliphatic rings. The Labute approximate surface area is 280 Å². The molecule has 1 saturated heterocycles. The van der Waals surface area contributed by atoms with Crippen molar-refractivity contribution in [1.29, 1.82) is 0 Å². The number of aromatic nitrogens is 2. The molecule has 2 N–H and O–H groups in total. The molecule has 0 radical (unpaired) electrons. The van der Waals surface area contributed by atoms with Gasteiger partial charge >= 0.3 is 6.09 Å². The highest BCUT2D eigenvalue weighted by Crippen LogP contribution is 2.36. The Morgan fingerprint density at radius 1 is 1.11 bits per heavy atom. The van der Waals surface area contributed by atoms with Gasteiger partial charge in [-0.1, -0.05) is 75.3 Å². The highest BCUT2D eigenvalue weighted by molar-refractivity contribution is 6.30. The average Bonchev–Trinajstić information content (AvgIpc) is 3.64. The number of amides is 3. The highest BCUT2D eigenvalue weighted by atomic mass is 35.5. The number of rotatable bonds is 10. The number of hydrogen-bond acceptors (Lipinski definition) is 4. The van der Waals surface area contributed by atoms with Crippen LogP contribution in [0.4, 0.5) is 10.7 Å². The van der Waals surface area contributed by atoms with E-state index in [1.807, 2.05) is 85.7 Å². The Hall–Kier alpha value is -4.63. The number of anilines is 1. The van der Waals surface area contributed by atoms with E-state index >= 15 is 0 Å². The standard InChI is InChI=1S/C37H42ClN5O4/c1-6-33(44)41-20-10-13-29(41)23-42-31-19-16-27(22-30(31)39-35(42)40-34(45)26-14-17-28(38)18-15-26)32(21-25-11-8-7-9-12-25)43(36(46)47)24(2)37(3,4)5/h6-9,11-12,14-19,22,24,29,32H,1,10,13,20-21,23H2,2-5H3,(H,46,47)(H,39,40,45). The third-order valence-corrected chi connectivity index (χ3v) is 9.47. The molecule has 47 heavy (non-hydrogen) atoms. The van der Waals surface area contributed by atoms with Crippen molar-refractivity contribution in [2.75, 3.05) is 11.9 Å².